The minimum absolute atomic E-state index is 0.116. The van der Waals surface area contributed by atoms with Gasteiger partial charge in [-0.25, -0.2) is 0 Å². The lowest BCUT2D eigenvalue weighted by Gasteiger charge is -2.20. The van der Waals surface area contributed by atoms with Crippen LogP contribution >= 0.6 is 11.6 Å². The molecule has 1 N–H and O–H groups in total. The minimum Gasteiger partial charge on any atom is -0.495 e. The van der Waals surface area contributed by atoms with Crippen molar-refractivity contribution in [3.8, 4) is 11.5 Å². The Morgan fingerprint density at radius 2 is 1.79 bits per heavy atom. The molecular formula is C22H23ClN2O3. The summed E-state index contributed by atoms with van der Waals surface area (Å²) in [6.07, 6.45) is 4.20. The van der Waals surface area contributed by atoms with Gasteiger partial charge in [0, 0.05) is 18.5 Å². The van der Waals surface area contributed by atoms with E-state index in [-0.39, 0.29) is 18.4 Å². The van der Waals surface area contributed by atoms with Crippen molar-refractivity contribution in [1.29, 1.82) is 0 Å². The molecule has 0 aliphatic heterocycles. The van der Waals surface area contributed by atoms with E-state index in [9.17, 15) is 4.79 Å². The Labute approximate surface area is 169 Å². The van der Waals surface area contributed by atoms with Crippen LogP contribution < -0.4 is 14.8 Å². The number of benzene rings is 2. The van der Waals surface area contributed by atoms with Crippen molar-refractivity contribution in [3.05, 3.63) is 77.1 Å². The van der Waals surface area contributed by atoms with E-state index in [2.05, 4.69) is 11.4 Å². The summed E-state index contributed by atoms with van der Waals surface area (Å²) < 4.78 is 12.6. The second-order valence-electron chi connectivity index (χ2n) is 6.50. The number of aryl methyl sites for hydroxylation is 1. The van der Waals surface area contributed by atoms with Crippen LogP contribution in [0.15, 0.2) is 60.9 Å². The number of halogens is 1. The number of methoxy groups -OCH3 is 2. The average molecular weight is 399 g/mol. The van der Waals surface area contributed by atoms with E-state index in [0.717, 1.165) is 11.1 Å². The first-order chi connectivity index (χ1) is 13.5. The fraction of sp³-hybridized carbons (Fsp3) is 0.227. The molecule has 146 valence electrons. The molecule has 3 rings (SSSR count). The van der Waals surface area contributed by atoms with Gasteiger partial charge in [0.2, 0.25) is 5.91 Å². The molecule has 0 fully saturated rings. The lowest BCUT2D eigenvalue weighted by atomic mass is 10.0. The van der Waals surface area contributed by atoms with Crippen LogP contribution in [0.5, 0.6) is 11.5 Å². The summed E-state index contributed by atoms with van der Waals surface area (Å²) in [5, 5.41) is 3.32. The van der Waals surface area contributed by atoms with E-state index in [1.54, 1.807) is 12.1 Å². The summed E-state index contributed by atoms with van der Waals surface area (Å²) >= 11 is 6.21. The summed E-state index contributed by atoms with van der Waals surface area (Å²) in [6.45, 7) is 2.04. The van der Waals surface area contributed by atoms with E-state index in [1.165, 1.54) is 14.2 Å². The maximum Gasteiger partial charge on any atom is 0.226 e. The monoisotopic (exact) mass is 398 g/mol. The maximum atomic E-state index is 12.9. The lowest BCUT2D eigenvalue weighted by Crippen LogP contribution is -2.20. The van der Waals surface area contributed by atoms with E-state index in [1.807, 2.05) is 54.2 Å². The molecule has 1 atom stereocenters. The van der Waals surface area contributed by atoms with Gasteiger partial charge >= 0.3 is 0 Å². The number of amides is 1. The molecule has 0 spiro atoms. The van der Waals surface area contributed by atoms with Crippen molar-refractivity contribution >= 4 is 23.2 Å². The highest BCUT2D eigenvalue weighted by Gasteiger charge is 2.19. The van der Waals surface area contributed by atoms with E-state index >= 15 is 0 Å². The molecule has 0 bridgehead atoms. The van der Waals surface area contributed by atoms with Gasteiger partial charge in [0.05, 0.1) is 37.4 Å². The number of hydrogen-bond donors (Lipinski definition) is 1. The number of nitrogens with one attached hydrogen (secondary N) is 1. The molecule has 0 aliphatic carbocycles. The Bertz CT molecular complexity index is 954. The summed E-state index contributed by atoms with van der Waals surface area (Å²) in [4.78, 5) is 12.9. The van der Waals surface area contributed by atoms with Crippen LogP contribution in [0.2, 0.25) is 5.02 Å². The van der Waals surface area contributed by atoms with Gasteiger partial charge in [-0.3, -0.25) is 4.79 Å². The first kappa shape index (κ1) is 19.8. The Hall–Kier alpha value is -2.92. The zero-order valence-electron chi connectivity index (χ0n) is 16.1. The zero-order valence-corrected chi connectivity index (χ0v) is 16.9. The highest BCUT2D eigenvalue weighted by atomic mass is 35.5. The first-order valence-corrected chi connectivity index (χ1v) is 9.30. The van der Waals surface area contributed by atoms with Crippen molar-refractivity contribution in [1.82, 2.24) is 4.57 Å². The number of aromatic nitrogens is 1. The van der Waals surface area contributed by atoms with Gasteiger partial charge < -0.3 is 19.4 Å². The van der Waals surface area contributed by atoms with Gasteiger partial charge in [0.15, 0.2) is 0 Å². The standard InChI is InChI=1S/C22H23ClN2O3/c1-15-7-6-8-16(11-15)19(25-9-4-5-10-25)13-22(26)24-18-12-17(23)20(27-2)14-21(18)28-3/h4-12,14,19H,13H2,1-3H3,(H,24,26)/t19-/m0/s1. The van der Waals surface area contributed by atoms with Crippen LogP contribution in [-0.4, -0.2) is 24.7 Å². The number of anilines is 1. The number of carbonyl (C=O) groups excluding carboxylic acids is 1. The highest BCUT2D eigenvalue weighted by molar-refractivity contribution is 6.32. The molecule has 0 saturated heterocycles. The van der Waals surface area contributed by atoms with Crippen molar-refractivity contribution in [2.24, 2.45) is 0 Å². The van der Waals surface area contributed by atoms with E-state index < -0.39 is 0 Å². The molecule has 0 saturated carbocycles. The third-order valence-electron chi connectivity index (χ3n) is 4.54. The van der Waals surface area contributed by atoms with Crippen LogP contribution in [0.25, 0.3) is 0 Å². The highest BCUT2D eigenvalue weighted by Crippen LogP contribution is 2.36. The van der Waals surface area contributed by atoms with Gasteiger partial charge in [0.25, 0.3) is 0 Å². The van der Waals surface area contributed by atoms with Gasteiger partial charge in [-0.05, 0) is 30.7 Å². The van der Waals surface area contributed by atoms with E-state index in [0.29, 0.717) is 22.2 Å². The van der Waals surface area contributed by atoms with Crippen LogP contribution in [0.4, 0.5) is 5.69 Å². The molecule has 5 nitrogen and oxygen atoms in total. The summed E-state index contributed by atoms with van der Waals surface area (Å²) in [6, 6.07) is 15.3. The van der Waals surface area contributed by atoms with Crippen LogP contribution in [-0.2, 0) is 4.79 Å². The lowest BCUT2D eigenvalue weighted by molar-refractivity contribution is -0.116. The predicted molar refractivity (Wildman–Crippen MR) is 112 cm³/mol. The number of ether oxygens (including phenoxy) is 2. The summed E-state index contributed by atoms with van der Waals surface area (Å²) in [7, 11) is 3.07. The predicted octanol–water partition coefficient (Wildman–Crippen LogP) is 5.09. The molecule has 0 unspecified atom stereocenters. The smallest absolute Gasteiger partial charge is 0.226 e. The van der Waals surface area contributed by atoms with Gasteiger partial charge in [0.1, 0.15) is 11.5 Å². The molecule has 28 heavy (non-hydrogen) atoms. The topological polar surface area (TPSA) is 52.5 Å². The summed E-state index contributed by atoms with van der Waals surface area (Å²) in [5.41, 5.74) is 2.73. The summed E-state index contributed by atoms with van der Waals surface area (Å²) in [5.74, 6) is 0.837. The average Bonchev–Trinajstić information content (AvgIpc) is 3.21. The molecule has 1 amide bonds. The van der Waals surface area contributed by atoms with Crippen molar-refractivity contribution in [2.45, 2.75) is 19.4 Å². The van der Waals surface area contributed by atoms with Crippen molar-refractivity contribution in [3.63, 3.8) is 0 Å². The number of carbonyl (C=O) groups is 1. The fourth-order valence-corrected chi connectivity index (χ4v) is 3.40. The molecule has 0 aliphatic rings. The van der Waals surface area contributed by atoms with Gasteiger partial charge in [-0.15, -0.1) is 0 Å². The van der Waals surface area contributed by atoms with Crippen LogP contribution in [0.3, 0.4) is 0 Å². The van der Waals surface area contributed by atoms with Crippen molar-refractivity contribution in [2.75, 3.05) is 19.5 Å². The maximum absolute atomic E-state index is 12.9. The Kier molecular flexibility index (Phi) is 6.26. The molecule has 1 heterocycles. The Balaban J connectivity index is 1.84. The molecular weight excluding hydrogens is 376 g/mol. The number of hydrogen-bond acceptors (Lipinski definition) is 3. The van der Waals surface area contributed by atoms with Crippen molar-refractivity contribution < 1.29 is 14.3 Å². The second-order valence-corrected chi connectivity index (χ2v) is 6.91. The third kappa shape index (κ3) is 4.49. The quantitative estimate of drug-likeness (QED) is 0.603. The van der Waals surface area contributed by atoms with Gasteiger partial charge in [-0.2, -0.15) is 0 Å². The number of nitrogens with zero attached hydrogens (tertiary/aromatic N) is 1. The van der Waals surface area contributed by atoms with Crippen LogP contribution in [0.1, 0.15) is 23.6 Å². The number of rotatable bonds is 7. The first-order valence-electron chi connectivity index (χ1n) is 8.92. The molecule has 1 aromatic heterocycles. The van der Waals surface area contributed by atoms with Crippen LogP contribution in [0, 0.1) is 6.92 Å². The molecule has 6 heteroatoms. The SMILES string of the molecule is COc1cc(OC)c(NC(=O)C[C@@H](c2cccc(C)c2)n2cccc2)cc1Cl. The fourth-order valence-electron chi connectivity index (χ4n) is 3.16. The normalized spacial score (nSPS) is 11.7. The Morgan fingerprint density at radius 3 is 2.43 bits per heavy atom. The third-order valence-corrected chi connectivity index (χ3v) is 4.84. The molecule has 3 aromatic rings. The zero-order chi connectivity index (χ0) is 20.1. The molecule has 0 radical (unpaired) electrons. The Morgan fingerprint density at radius 1 is 1.07 bits per heavy atom. The minimum atomic E-state index is -0.139. The second kappa shape index (κ2) is 8.85. The molecule has 2 aromatic carbocycles. The van der Waals surface area contributed by atoms with Gasteiger partial charge in [-0.1, -0.05) is 41.4 Å². The van der Waals surface area contributed by atoms with E-state index in [4.69, 9.17) is 21.1 Å². The largest absolute Gasteiger partial charge is 0.495 e.